The van der Waals surface area contributed by atoms with Gasteiger partial charge in [0.25, 0.3) is 0 Å². The van der Waals surface area contributed by atoms with Gasteiger partial charge in [-0.3, -0.25) is 0 Å². The molecule has 3 heteroatoms. The minimum atomic E-state index is -0.616. The van der Waals surface area contributed by atoms with Gasteiger partial charge in [0.2, 0.25) is 0 Å². The summed E-state index contributed by atoms with van der Waals surface area (Å²) in [5, 5.41) is 9.18. The molecule has 1 aromatic rings. The Morgan fingerprint density at radius 1 is 1.36 bits per heavy atom. The van der Waals surface area contributed by atoms with Crippen molar-refractivity contribution in [2.75, 3.05) is 0 Å². The van der Waals surface area contributed by atoms with Gasteiger partial charge in [0.1, 0.15) is 0 Å². The summed E-state index contributed by atoms with van der Waals surface area (Å²) >= 11 is 0. The topological polar surface area (TPSA) is 46.2 Å². The Morgan fingerprint density at radius 3 is 2.43 bits per heavy atom. The number of rotatable bonds is 1. The molecule has 0 aliphatic carbocycles. The fourth-order valence-electron chi connectivity index (χ4n) is 1.24. The van der Waals surface area contributed by atoms with Gasteiger partial charge in [-0.05, 0) is 11.5 Å². The average molecular weight is 197 g/mol. The van der Waals surface area contributed by atoms with E-state index in [9.17, 15) is 9.50 Å². The molecule has 0 heterocycles. The van der Waals surface area contributed by atoms with Crippen LogP contribution in [0.4, 0.5) is 4.39 Å². The molecule has 0 spiro atoms. The van der Waals surface area contributed by atoms with Gasteiger partial charge in [-0.25, -0.2) is 4.39 Å². The third-order valence-electron chi connectivity index (χ3n) is 2.28. The minimum absolute atomic E-state index is 0.228. The number of halogens is 1. The summed E-state index contributed by atoms with van der Waals surface area (Å²) < 4.78 is 13.5. The predicted molar refractivity (Wildman–Crippen MR) is 54.4 cm³/mol. The van der Waals surface area contributed by atoms with Crippen LogP contribution >= 0.6 is 0 Å². The van der Waals surface area contributed by atoms with Crippen LogP contribution in [0.3, 0.4) is 0 Å². The smallest absolute Gasteiger partial charge is 0.169 e. The highest BCUT2D eigenvalue weighted by molar-refractivity contribution is 5.32. The average Bonchev–Trinajstić information content (AvgIpc) is 2.07. The number of hydrogen-bond donors (Lipinski definition) is 2. The van der Waals surface area contributed by atoms with E-state index in [1.165, 1.54) is 6.07 Å². The molecule has 1 rings (SSSR count). The fraction of sp³-hybridized carbons (Fsp3) is 0.455. The second kappa shape index (κ2) is 3.58. The van der Waals surface area contributed by atoms with Crippen molar-refractivity contribution in [3.8, 4) is 5.75 Å². The molecule has 0 saturated carbocycles. The largest absolute Gasteiger partial charge is 0.505 e. The van der Waals surface area contributed by atoms with Crippen LogP contribution in [-0.4, -0.2) is 5.11 Å². The molecule has 1 atom stereocenters. The zero-order chi connectivity index (χ0) is 10.9. The molecule has 0 aliphatic heterocycles. The lowest BCUT2D eigenvalue weighted by Crippen LogP contribution is -2.27. The van der Waals surface area contributed by atoms with Gasteiger partial charge in [0, 0.05) is 11.6 Å². The van der Waals surface area contributed by atoms with Gasteiger partial charge in [0.05, 0.1) is 0 Å². The zero-order valence-corrected chi connectivity index (χ0v) is 8.71. The summed E-state index contributed by atoms with van der Waals surface area (Å²) in [5.74, 6) is -0.961. The quantitative estimate of drug-likeness (QED) is 0.726. The maximum atomic E-state index is 13.5. The summed E-state index contributed by atoms with van der Waals surface area (Å²) in [6.07, 6.45) is 0. The lowest BCUT2D eigenvalue weighted by atomic mass is 9.83. The van der Waals surface area contributed by atoms with Crippen molar-refractivity contribution in [1.82, 2.24) is 0 Å². The molecule has 0 aromatic heterocycles. The minimum Gasteiger partial charge on any atom is -0.505 e. The first kappa shape index (κ1) is 11.0. The number of benzene rings is 1. The first-order valence-electron chi connectivity index (χ1n) is 4.57. The molecule has 1 unspecified atom stereocenters. The van der Waals surface area contributed by atoms with Gasteiger partial charge >= 0.3 is 0 Å². The highest BCUT2D eigenvalue weighted by atomic mass is 19.1. The van der Waals surface area contributed by atoms with Crippen LogP contribution in [0.25, 0.3) is 0 Å². The summed E-state index contributed by atoms with van der Waals surface area (Å²) in [6, 6.07) is 4.09. The van der Waals surface area contributed by atoms with Crippen LogP contribution < -0.4 is 5.73 Å². The Morgan fingerprint density at radius 2 is 1.93 bits per heavy atom. The summed E-state index contributed by atoms with van der Waals surface area (Å²) in [4.78, 5) is 0. The van der Waals surface area contributed by atoms with Crippen molar-refractivity contribution in [3.63, 3.8) is 0 Å². The number of phenols is 1. The Balaban J connectivity index is 3.14. The number of hydrogen-bond acceptors (Lipinski definition) is 2. The highest BCUT2D eigenvalue weighted by Crippen LogP contribution is 2.33. The van der Waals surface area contributed by atoms with E-state index in [2.05, 4.69) is 0 Å². The van der Waals surface area contributed by atoms with Crippen LogP contribution in [0.5, 0.6) is 5.75 Å². The third kappa shape index (κ3) is 2.04. The normalized spacial score (nSPS) is 14.1. The number of nitrogens with two attached hydrogens (primary N) is 1. The van der Waals surface area contributed by atoms with Crippen molar-refractivity contribution >= 4 is 0 Å². The van der Waals surface area contributed by atoms with Crippen LogP contribution in [0.15, 0.2) is 18.2 Å². The molecule has 0 amide bonds. The van der Waals surface area contributed by atoms with Gasteiger partial charge in [-0.2, -0.15) is 0 Å². The molecule has 3 N–H and O–H groups in total. The van der Waals surface area contributed by atoms with E-state index >= 15 is 0 Å². The number of phenolic OH excluding ortho intramolecular Hbond substituents is 1. The summed E-state index contributed by atoms with van der Waals surface area (Å²) in [6.45, 7) is 5.80. The van der Waals surface area contributed by atoms with E-state index in [0.717, 1.165) is 0 Å². The first-order chi connectivity index (χ1) is 6.34. The van der Waals surface area contributed by atoms with E-state index in [1.807, 2.05) is 20.8 Å². The molecule has 78 valence electrons. The second-order valence-electron chi connectivity index (χ2n) is 4.52. The van der Waals surface area contributed by atoms with E-state index in [1.54, 1.807) is 12.1 Å². The molecule has 2 nitrogen and oxygen atoms in total. The Hall–Kier alpha value is -1.09. The standard InChI is InChI=1S/C11H16FNO/c1-11(2,3)10(13)7-5-4-6-8(14)9(7)12/h4-6,10,14H,13H2,1-3H3. The maximum Gasteiger partial charge on any atom is 0.169 e. The van der Waals surface area contributed by atoms with Crippen LogP contribution in [-0.2, 0) is 0 Å². The van der Waals surface area contributed by atoms with Gasteiger partial charge < -0.3 is 10.8 Å². The lowest BCUT2D eigenvalue weighted by Gasteiger charge is -2.27. The molecule has 14 heavy (non-hydrogen) atoms. The van der Waals surface area contributed by atoms with Crippen molar-refractivity contribution in [2.45, 2.75) is 26.8 Å². The molecule has 0 saturated heterocycles. The van der Waals surface area contributed by atoms with Crippen molar-refractivity contribution in [1.29, 1.82) is 0 Å². The monoisotopic (exact) mass is 197 g/mol. The Kier molecular flexibility index (Phi) is 2.81. The number of aromatic hydroxyl groups is 1. The predicted octanol–water partition coefficient (Wildman–Crippen LogP) is 2.58. The van der Waals surface area contributed by atoms with Crippen LogP contribution in [0.2, 0.25) is 0 Å². The van der Waals surface area contributed by atoms with Crippen LogP contribution in [0, 0.1) is 11.2 Å². The highest BCUT2D eigenvalue weighted by Gasteiger charge is 2.25. The second-order valence-corrected chi connectivity index (χ2v) is 4.52. The molecule has 1 aromatic carbocycles. The van der Waals surface area contributed by atoms with Gasteiger partial charge in [-0.15, -0.1) is 0 Å². The zero-order valence-electron chi connectivity index (χ0n) is 8.71. The van der Waals surface area contributed by atoms with Crippen molar-refractivity contribution in [3.05, 3.63) is 29.6 Å². The van der Waals surface area contributed by atoms with Gasteiger partial charge in [-0.1, -0.05) is 32.9 Å². The SMILES string of the molecule is CC(C)(C)C(N)c1cccc(O)c1F. The molecule has 0 aliphatic rings. The van der Waals surface area contributed by atoms with Crippen molar-refractivity contribution < 1.29 is 9.50 Å². The Bertz CT molecular complexity index is 331. The van der Waals surface area contributed by atoms with E-state index < -0.39 is 11.9 Å². The van der Waals surface area contributed by atoms with E-state index in [4.69, 9.17) is 5.73 Å². The lowest BCUT2D eigenvalue weighted by molar-refractivity contribution is 0.315. The third-order valence-corrected chi connectivity index (χ3v) is 2.28. The molecular weight excluding hydrogens is 181 g/mol. The molecule has 0 fully saturated rings. The van der Waals surface area contributed by atoms with E-state index in [-0.39, 0.29) is 11.2 Å². The summed E-state index contributed by atoms with van der Waals surface area (Å²) in [7, 11) is 0. The fourth-order valence-corrected chi connectivity index (χ4v) is 1.24. The summed E-state index contributed by atoms with van der Waals surface area (Å²) in [5.41, 5.74) is 6.02. The van der Waals surface area contributed by atoms with E-state index in [0.29, 0.717) is 5.56 Å². The van der Waals surface area contributed by atoms with Crippen molar-refractivity contribution in [2.24, 2.45) is 11.1 Å². The Labute approximate surface area is 83.6 Å². The first-order valence-corrected chi connectivity index (χ1v) is 4.57. The molecule has 0 radical (unpaired) electrons. The van der Waals surface area contributed by atoms with Crippen LogP contribution in [0.1, 0.15) is 32.4 Å². The molecule has 0 bridgehead atoms. The molecular formula is C11H16FNO. The maximum absolute atomic E-state index is 13.5. The van der Waals surface area contributed by atoms with Gasteiger partial charge in [0.15, 0.2) is 11.6 Å².